The number of hydrogen-bond acceptors (Lipinski definition) is 3. The summed E-state index contributed by atoms with van der Waals surface area (Å²) in [5, 5.41) is 2.21. The van der Waals surface area contributed by atoms with Crippen LogP contribution in [0.2, 0.25) is 0 Å². The molecular weight excluding hydrogens is 338 g/mol. The molecule has 3 aromatic rings. The number of anilines is 1. The highest BCUT2D eigenvalue weighted by Crippen LogP contribution is 2.36. The number of nitrogen functional groups attached to an aromatic ring is 1. The minimum atomic E-state index is -0.100. The van der Waals surface area contributed by atoms with E-state index < -0.39 is 0 Å². The zero-order chi connectivity index (χ0) is 18.5. The van der Waals surface area contributed by atoms with Crippen LogP contribution >= 0.6 is 0 Å². The van der Waals surface area contributed by atoms with Gasteiger partial charge in [0.1, 0.15) is 0 Å². The summed E-state index contributed by atoms with van der Waals surface area (Å²) in [4.78, 5) is 27.5. The summed E-state index contributed by atoms with van der Waals surface area (Å²) < 4.78 is 1.81. The van der Waals surface area contributed by atoms with Crippen LogP contribution in [-0.4, -0.2) is 28.5 Å². The number of likely N-dealkylation sites (tertiary alicyclic amines) is 1. The molecule has 2 N–H and O–H groups in total. The molecule has 27 heavy (non-hydrogen) atoms. The fraction of sp³-hybridized carbons (Fsp3) is 0.273. The van der Waals surface area contributed by atoms with Gasteiger partial charge in [-0.1, -0.05) is 30.3 Å². The molecule has 3 heterocycles. The maximum atomic E-state index is 13.1. The molecule has 0 aliphatic carbocycles. The number of aromatic nitrogens is 1. The van der Waals surface area contributed by atoms with Crippen molar-refractivity contribution in [2.24, 2.45) is 5.92 Å². The summed E-state index contributed by atoms with van der Waals surface area (Å²) in [6.07, 6.45) is 1.02. The Labute approximate surface area is 157 Å². The van der Waals surface area contributed by atoms with Gasteiger partial charge in [-0.15, -0.1) is 0 Å². The SMILES string of the molecule is Nc1ccc2n(c1=O)C[C@H]1C[C@@H]2CN(C(=O)c2ccc3ccccc3c2)C1. The molecule has 136 valence electrons. The number of nitrogens with two attached hydrogens (primary N) is 1. The lowest BCUT2D eigenvalue weighted by Crippen LogP contribution is -2.49. The lowest BCUT2D eigenvalue weighted by Gasteiger charge is -2.42. The number of rotatable bonds is 1. The second-order valence-electron chi connectivity index (χ2n) is 7.70. The molecule has 2 atom stereocenters. The van der Waals surface area contributed by atoms with Gasteiger partial charge in [0.2, 0.25) is 0 Å². The standard InChI is InChI=1S/C22H21N3O2/c23-19-7-8-20-18-9-14(12-25(20)22(19)27)11-24(13-18)21(26)17-6-5-15-3-1-2-4-16(15)10-17/h1-8,10,14,18H,9,11-13,23H2/t14-,18+/m0/s1. The number of hydrogen-bond donors (Lipinski definition) is 1. The van der Waals surface area contributed by atoms with Crippen molar-refractivity contribution < 1.29 is 4.79 Å². The van der Waals surface area contributed by atoms with E-state index >= 15 is 0 Å². The summed E-state index contributed by atoms with van der Waals surface area (Å²) >= 11 is 0. The maximum Gasteiger partial charge on any atom is 0.273 e. The molecule has 1 amide bonds. The summed E-state index contributed by atoms with van der Waals surface area (Å²) in [5.41, 5.74) is 7.71. The molecule has 0 saturated carbocycles. The smallest absolute Gasteiger partial charge is 0.273 e. The van der Waals surface area contributed by atoms with E-state index in [-0.39, 0.29) is 17.4 Å². The normalized spacial score (nSPS) is 21.1. The number of pyridine rings is 1. The van der Waals surface area contributed by atoms with Crippen molar-refractivity contribution in [3.8, 4) is 0 Å². The average molecular weight is 359 g/mol. The van der Waals surface area contributed by atoms with Crippen LogP contribution in [0.25, 0.3) is 10.8 Å². The van der Waals surface area contributed by atoms with E-state index in [0.29, 0.717) is 31.2 Å². The Morgan fingerprint density at radius 2 is 1.78 bits per heavy atom. The number of amides is 1. The Bertz CT molecular complexity index is 1120. The van der Waals surface area contributed by atoms with E-state index in [2.05, 4.69) is 6.07 Å². The zero-order valence-corrected chi connectivity index (χ0v) is 15.0. The number of fused-ring (bicyclic) bond motifs is 5. The van der Waals surface area contributed by atoms with E-state index in [4.69, 9.17) is 5.73 Å². The van der Waals surface area contributed by atoms with Crippen molar-refractivity contribution in [1.82, 2.24) is 9.47 Å². The first kappa shape index (κ1) is 16.1. The third-order valence-electron chi connectivity index (χ3n) is 5.92. The lowest BCUT2D eigenvalue weighted by molar-refractivity contribution is 0.0595. The van der Waals surface area contributed by atoms with Crippen LogP contribution in [0.4, 0.5) is 5.69 Å². The predicted octanol–water partition coefficient (Wildman–Crippen LogP) is 2.84. The van der Waals surface area contributed by atoms with Crippen LogP contribution in [0.1, 0.15) is 28.4 Å². The van der Waals surface area contributed by atoms with Crippen molar-refractivity contribution in [2.45, 2.75) is 18.9 Å². The van der Waals surface area contributed by atoms with Crippen molar-refractivity contribution >= 4 is 22.4 Å². The summed E-state index contributed by atoms with van der Waals surface area (Å²) in [5.74, 6) is 0.553. The Morgan fingerprint density at radius 3 is 2.63 bits per heavy atom. The molecule has 0 unspecified atom stereocenters. The van der Waals surface area contributed by atoms with E-state index in [0.717, 1.165) is 28.5 Å². The van der Waals surface area contributed by atoms with Crippen LogP contribution in [0, 0.1) is 5.92 Å². The molecule has 0 radical (unpaired) electrons. The maximum absolute atomic E-state index is 13.1. The first-order valence-corrected chi connectivity index (χ1v) is 9.37. The van der Waals surface area contributed by atoms with Crippen molar-refractivity contribution in [3.63, 3.8) is 0 Å². The predicted molar refractivity (Wildman–Crippen MR) is 106 cm³/mol. The lowest BCUT2D eigenvalue weighted by atomic mass is 9.83. The zero-order valence-electron chi connectivity index (χ0n) is 15.0. The van der Waals surface area contributed by atoms with Gasteiger partial charge in [0.25, 0.3) is 11.5 Å². The summed E-state index contributed by atoms with van der Waals surface area (Å²) in [6.45, 7) is 1.96. The van der Waals surface area contributed by atoms with E-state index in [9.17, 15) is 9.59 Å². The third-order valence-corrected chi connectivity index (χ3v) is 5.92. The van der Waals surface area contributed by atoms with Crippen LogP contribution in [0.3, 0.4) is 0 Å². The van der Waals surface area contributed by atoms with Crippen LogP contribution in [0.15, 0.2) is 59.4 Å². The van der Waals surface area contributed by atoms with Gasteiger partial charge in [-0.3, -0.25) is 9.59 Å². The highest BCUT2D eigenvalue weighted by molar-refractivity contribution is 5.98. The Hall–Kier alpha value is -3.08. The van der Waals surface area contributed by atoms with Gasteiger partial charge in [0, 0.05) is 36.8 Å². The van der Waals surface area contributed by atoms with Crippen LogP contribution in [-0.2, 0) is 6.54 Å². The number of benzene rings is 2. The fourth-order valence-corrected chi connectivity index (χ4v) is 4.63. The van der Waals surface area contributed by atoms with Gasteiger partial charge in [0.05, 0.1) is 5.69 Å². The topological polar surface area (TPSA) is 68.3 Å². The molecule has 1 fully saturated rings. The number of nitrogens with zero attached hydrogens (tertiary/aromatic N) is 2. The minimum Gasteiger partial charge on any atom is -0.394 e. The molecule has 5 nitrogen and oxygen atoms in total. The molecular formula is C22H21N3O2. The molecule has 1 aromatic heterocycles. The highest BCUT2D eigenvalue weighted by Gasteiger charge is 2.36. The molecule has 5 rings (SSSR count). The van der Waals surface area contributed by atoms with Gasteiger partial charge in [-0.25, -0.2) is 0 Å². The first-order valence-electron chi connectivity index (χ1n) is 9.37. The first-order chi connectivity index (χ1) is 13.1. The largest absolute Gasteiger partial charge is 0.394 e. The van der Waals surface area contributed by atoms with Gasteiger partial charge >= 0.3 is 0 Å². The fourth-order valence-electron chi connectivity index (χ4n) is 4.63. The van der Waals surface area contributed by atoms with E-state index in [1.54, 1.807) is 6.07 Å². The molecule has 2 aliphatic rings. The molecule has 0 spiro atoms. The average Bonchev–Trinajstić information content (AvgIpc) is 2.70. The van der Waals surface area contributed by atoms with Crippen molar-refractivity contribution in [1.29, 1.82) is 0 Å². The van der Waals surface area contributed by atoms with Crippen LogP contribution < -0.4 is 11.3 Å². The quantitative estimate of drug-likeness (QED) is 0.726. The van der Waals surface area contributed by atoms with Gasteiger partial charge in [0.15, 0.2) is 0 Å². The number of carbonyl (C=O) groups excluding carboxylic acids is 1. The molecule has 5 heteroatoms. The van der Waals surface area contributed by atoms with E-state index in [1.807, 2.05) is 51.9 Å². The van der Waals surface area contributed by atoms with Crippen molar-refractivity contribution in [3.05, 3.63) is 76.2 Å². The molecule has 2 aliphatic heterocycles. The minimum absolute atomic E-state index is 0.0710. The van der Waals surface area contributed by atoms with Crippen molar-refractivity contribution in [2.75, 3.05) is 18.8 Å². The Balaban J connectivity index is 1.46. The van der Waals surface area contributed by atoms with Gasteiger partial charge in [-0.2, -0.15) is 0 Å². The third kappa shape index (κ3) is 2.62. The summed E-state index contributed by atoms with van der Waals surface area (Å²) in [7, 11) is 0. The monoisotopic (exact) mass is 359 g/mol. The van der Waals surface area contributed by atoms with Crippen LogP contribution in [0.5, 0.6) is 0 Å². The molecule has 2 bridgehead atoms. The van der Waals surface area contributed by atoms with Gasteiger partial charge in [-0.05, 0) is 47.4 Å². The summed E-state index contributed by atoms with van der Waals surface area (Å²) in [6, 6.07) is 17.6. The van der Waals surface area contributed by atoms with Gasteiger partial charge < -0.3 is 15.2 Å². The Kier molecular flexibility index (Phi) is 3.57. The highest BCUT2D eigenvalue weighted by atomic mass is 16.2. The second kappa shape index (κ2) is 5.98. The second-order valence-corrected chi connectivity index (χ2v) is 7.70. The number of piperidine rings is 1. The van der Waals surface area contributed by atoms with E-state index in [1.165, 1.54) is 0 Å². The Morgan fingerprint density at radius 1 is 0.963 bits per heavy atom. The molecule has 2 aromatic carbocycles. The number of carbonyl (C=O) groups is 1. The molecule has 1 saturated heterocycles.